The summed E-state index contributed by atoms with van der Waals surface area (Å²) in [5.41, 5.74) is 2.04. The molecule has 1 aromatic rings. The van der Waals surface area contributed by atoms with E-state index >= 15 is 0 Å². The van der Waals surface area contributed by atoms with Crippen LogP contribution in [0.15, 0.2) is 35.9 Å². The Labute approximate surface area is 169 Å². The van der Waals surface area contributed by atoms with Crippen molar-refractivity contribution in [3.63, 3.8) is 0 Å². The van der Waals surface area contributed by atoms with Gasteiger partial charge in [-0.25, -0.2) is 13.1 Å². The number of hydrogen-bond donors (Lipinski definition) is 0. The first-order valence-electron chi connectivity index (χ1n) is 9.47. The maximum Gasteiger partial charge on any atom is 0.129 e. The quantitative estimate of drug-likeness (QED) is 0.386. The topological polar surface area (TPSA) is 12.5 Å². The first kappa shape index (κ1) is 20.9. The van der Waals surface area contributed by atoms with Crippen LogP contribution >= 0.6 is 24.0 Å². The van der Waals surface area contributed by atoms with Gasteiger partial charge in [-0.2, -0.15) is 0 Å². The first-order valence-corrected chi connectivity index (χ1v) is 11.5. The highest BCUT2D eigenvalue weighted by atomic mass is 32.2. The third kappa shape index (κ3) is 5.17. The molecule has 2 nitrogen and oxygen atoms in total. The predicted octanol–water partition coefficient (Wildman–Crippen LogP) is 6.60. The number of benzene rings is 1. The Morgan fingerprint density at radius 3 is 2.78 bits per heavy atom. The predicted molar refractivity (Wildman–Crippen MR) is 111 cm³/mol. The molecule has 1 heterocycles. The minimum Gasteiger partial charge on any atom is -0.308 e. The number of rotatable bonds is 6. The Kier molecular flexibility index (Phi) is 7.42. The molecule has 1 fully saturated rings. The van der Waals surface area contributed by atoms with Crippen molar-refractivity contribution in [1.82, 2.24) is 4.31 Å². The number of hydrogen-bond acceptors (Lipinski definition) is 4. The molecule has 0 bridgehead atoms. The van der Waals surface area contributed by atoms with E-state index < -0.39 is 11.9 Å². The van der Waals surface area contributed by atoms with Crippen molar-refractivity contribution >= 4 is 24.0 Å². The lowest BCUT2D eigenvalue weighted by Crippen LogP contribution is -2.35. The standard InChI is InChI=1S/C21H27F2NOS2/c1-14-9-10-21(16-7-5-4-6-8-16)27-24(14)13-17-11-20(23)18(12-19(17)22)15(2)25-26-3/h5,7-8,11-12,14-15,21H,4,6,9-10,13H2,1-3H3/t14-,15?,21?/m0/s1. The van der Waals surface area contributed by atoms with E-state index in [9.17, 15) is 8.78 Å². The number of nitrogens with zero attached hydrogens (tertiary/aromatic N) is 1. The van der Waals surface area contributed by atoms with Crippen molar-refractivity contribution in [1.29, 1.82) is 0 Å². The van der Waals surface area contributed by atoms with Crippen LogP contribution < -0.4 is 0 Å². The zero-order valence-electron chi connectivity index (χ0n) is 16.1. The van der Waals surface area contributed by atoms with Gasteiger partial charge < -0.3 is 4.18 Å². The molecule has 3 rings (SSSR count). The highest BCUT2D eigenvalue weighted by Gasteiger charge is 2.29. The summed E-state index contributed by atoms with van der Waals surface area (Å²) in [5, 5.41) is 0.403. The molecule has 0 N–H and O–H groups in total. The van der Waals surface area contributed by atoms with Crippen molar-refractivity contribution in [3.8, 4) is 0 Å². The van der Waals surface area contributed by atoms with Crippen LogP contribution in [0.2, 0.25) is 0 Å². The average molecular weight is 412 g/mol. The Bertz CT molecular complexity index is 722. The van der Waals surface area contributed by atoms with Crippen LogP contribution in [-0.2, 0) is 10.7 Å². The van der Waals surface area contributed by atoms with E-state index in [4.69, 9.17) is 4.18 Å². The summed E-state index contributed by atoms with van der Waals surface area (Å²) in [6.07, 6.45) is 12.4. The van der Waals surface area contributed by atoms with Gasteiger partial charge in [-0.15, -0.1) is 0 Å². The molecule has 1 saturated heterocycles. The molecule has 0 amide bonds. The van der Waals surface area contributed by atoms with Gasteiger partial charge in [0.25, 0.3) is 0 Å². The van der Waals surface area contributed by atoms with Gasteiger partial charge in [-0.3, -0.25) is 0 Å². The molecular formula is C21H27F2NOS2. The first-order chi connectivity index (χ1) is 13.0. The Balaban J connectivity index is 1.74. The molecule has 0 saturated carbocycles. The van der Waals surface area contributed by atoms with E-state index in [1.165, 1.54) is 17.7 Å². The van der Waals surface area contributed by atoms with E-state index in [0.717, 1.165) is 37.7 Å². The van der Waals surface area contributed by atoms with Gasteiger partial charge in [0.15, 0.2) is 0 Å². The molecule has 1 aromatic carbocycles. The van der Waals surface area contributed by atoms with Crippen LogP contribution in [0.4, 0.5) is 8.78 Å². The maximum absolute atomic E-state index is 14.7. The lowest BCUT2D eigenvalue weighted by molar-refractivity contribution is 0.265. The maximum atomic E-state index is 14.7. The van der Waals surface area contributed by atoms with Gasteiger partial charge >= 0.3 is 0 Å². The molecule has 148 valence electrons. The Hall–Kier alpha value is -0.820. The second-order valence-corrected chi connectivity index (χ2v) is 8.92. The molecular weight excluding hydrogens is 384 g/mol. The lowest BCUT2D eigenvalue weighted by atomic mass is 9.99. The normalized spacial score (nSPS) is 24.7. The molecule has 0 spiro atoms. The number of allylic oxidation sites excluding steroid dienone is 3. The van der Waals surface area contributed by atoms with Gasteiger partial charge in [-0.05, 0) is 69.3 Å². The Morgan fingerprint density at radius 1 is 1.26 bits per heavy atom. The van der Waals surface area contributed by atoms with Gasteiger partial charge in [0.2, 0.25) is 0 Å². The fraction of sp³-hybridized carbons (Fsp3) is 0.524. The fourth-order valence-electron chi connectivity index (χ4n) is 3.55. The van der Waals surface area contributed by atoms with E-state index in [0.29, 0.717) is 23.4 Å². The van der Waals surface area contributed by atoms with Gasteiger partial charge in [0, 0.05) is 35.2 Å². The highest BCUT2D eigenvalue weighted by molar-refractivity contribution is 7.97. The highest BCUT2D eigenvalue weighted by Crippen LogP contribution is 2.38. The van der Waals surface area contributed by atoms with Gasteiger partial charge in [0.1, 0.15) is 11.6 Å². The SMILES string of the molecule is CSOC(C)c1cc(F)c(CN2SC(C3=CCCC=C3)CC[C@@H]2C)cc1F. The molecule has 2 unspecified atom stereocenters. The van der Waals surface area contributed by atoms with Crippen LogP contribution in [0.3, 0.4) is 0 Å². The summed E-state index contributed by atoms with van der Waals surface area (Å²) in [6, 6.07) is 2.95. The summed E-state index contributed by atoms with van der Waals surface area (Å²) in [6.45, 7) is 4.29. The van der Waals surface area contributed by atoms with Gasteiger partial charge in [-0.1, -0.05) is 30.2 Å². The van der Waals surface area contributed by atoms with Crippen LogP contribution in [0, 0.1) is 11.6 Å². The van der Waals surface area contributed by atoms with Crippen molar-refractivity contribution in [2.45, 2.75) is 63.5 Å². The van der Waals surface area contributed by atoms with Crippen LogP contribution in [-0.4, -0.2) is 21.9 Å². The average Bonchev–Trinajstić information content (AvgIpc) is 2.67. The zero-order chi connectivity index (χ0) is 19.4. The van der Waals surface area contributed by atoms with E-state index in [1.54, 1.807) is 25.1 Å². The van der Waals surface area contributed by atoms with Crippen molar-refractivity contribution in [3.05, 3.63) is 58.7 Å². The molecule has 27 heavy (non-hydrogen) atoms. The molecule has 2 aliphatic rings. The Morgan fingerprint density at radius 2 is 2.07 bits per heavy atom. The van der Waals surface area contributed by atoms with Crippen molar-refractivity contribution < 1.29 is 13.0 Å². The van der Waals surface area contributed by atoms with Crippen LogP contribution in [0.1, 0.15) is 56.8 Å². The van der Waals surface area contributed by atoms with Crippen LogP contribution in [0.5, 0.6) is 0 Å². The molecule has 1 aliphatic heterocycles. The largest absolute Gasteiger partial charge is 0.308 e. The molecule has 0 aromatic heterocycles. The third-order valence-electron chi connectivity index (χ3n) is 5.17. The van der Waals surface area contributed by atoms with Crippen molar-refractivity contribution in [2.75, 3.05) is 6.26 Å². The second-order valence-electron chi connectivity index (χ2n) is 7.15. The monoisotopic (exact) mass is 411 g/mol. The fourth-order valence-corrected chi connectivity index (χ4v) is 5.33. The van der Waals surface area contributed by atoms with Gasteiger partial charge in [0.05, 0.1) is 6.10 Å². The summed E-state index contributed by atoms with van der Waals surface area (Å²) in [4.78, 5) is 0. The molecule has 3 atom stereocenters. The smallest absolute Gasteiger partial charge is 0.129 e. The van der Waals surface area contributed by atoms with E-state index in [-0.39, 0.29) is 11.4 Å². The third-order valence-corrected chi connectivity index (χ3v) is 7.17. The molecule has 1 aliphatic carbocycles. The summed E-state index contributed by atoms with van der Waals surface area (Å²) < 4.78 is 36.7. The second kappa shape index (κ2) is 9.59. The minimum atomic E-state index is -0.485. The molecule has 6 heteroatoms. The number of halogens is 2. The summed E-state index contributed by atoms with van der Waals surface area (Å²) in [7, 11) is 0. The van der Waals surface area contributed by atoms with Crippen molar-refractivity contribution in [2.24, 2.45) is 0 Å². The lowest BCUT2D eigenvalue weighted by Gasteiger charge is -2.37. The molecule has 0 radical (unpaired) electrons. The van der Waals surface area contributed by atoms with Crippen LogP contribution in [0.25, 0.3) is 0 Å². The summed E-state index contributed by atoms with van der Waals surface area (Å²) >= 11 is 2.93. The van der Waals surface area contributed by atoms with E-state index in [2.05, 4.69) is 29.5 Å². The zero-order valence-corrected chi connectivity index (χ0v) is 17.7. The van der Waals surface area contributed by atoms with E-state index in [1.807, 2.05) is 0 Å². The summed E-state index contributed by atoms with van der Waals surface area (Å²) in [5.74, 6) is -0.772. The minimum absolute atomic E-state index is 0.264.